The lowest BCUT2D eigenvalue weighted by molar-refractivity contribution is -0.138. The maximum absolute atomic E-state index is 14.1. The third kappa shape index (κ3) is 5.29. The van der Waals surface area contributed by atoms with Gasteiger partial charge >= 0.3 is 5.97 Å². The van der Waals surface area contributed by atoms with Gasteiger partial charge in [0.05, 0.1) is 0 Å². The van der Waals surface area contributed by atoms with E-state index in [1.165, 1.54) is 0 Å². The normalized spacial score (nSPS) is 20.8. The van der Waals surface area contributed by atoms with Crippen molar-refractivity contribution in [3.05, 3.63) is 29.3 Å². The van der Waals surface area contributed by atoms with Gasteiger partial charge in [0.1, 0.15) is 0 Å². The molecule has 1 saturated carbocycles. The number of carboxylic acids is 1. The lowest BCUT2D eigenvalue weighted by Crippen LogP contribution is -2.42. The number of alkyl halides is 2. The van der Waals surface area contributed by atoms with E-state index in [1.807, 2.05) is 0 Å². The van der Waals surface area contributed by atoms with E-state index in [0.29, 0.717) is 11.3 Å². The van der Waals surface area contributed by atoms with Gasteiger partial charge in [0.15, 0.2) is 0 Å². The molecule has 1 aromatic rings. The van der Waals surface area contributed by atoms with Crippen molar-refractivity contribution >= 4 is 11.7 Å². The molecule has 1 aliphatic heterocycles. The van der Waals surface area contributed by atoms with Crippen LogP contribution in [0.15, 0.2) is 18.2 Å². The summed E-state index contributed by atoms with van der Waals surface area (Å²) in [6.07, 6.45) is 6.60. The Morgan fingerprint density at radius 3 is 2.07 bits per heavy atom. The van der Waals surface area contributed by atoms with Crippen LogP contribution in [0.1, 0.15) is 83.8 Å². The van der Waals surface area contributed by atoms with Crippen molar-refractivity contribution < 1.29 is 18.7 Å². The van der Waals surface area contributed by atoms with Crippen LogP contribution < -0.4 is 4.90 Å². The van der Waals surface area contributed by atoms with E-state index in [-0.39, 0.29) is 17.4 Å². The SMILES string of the molecule is CC(C)(C)c1cc(N2CCC3(CCC(CC(=O)O)CC3)CC2)cc(C(C)(F)F)c1. The van der Waals surface area contributed by atoms with Gasteiger partial charge in [-0.25, -0.2) is 8.78 Å². The van der Waals surface area contributed by atoms with E-state index in [9.17, 15) is 13.6 Å². The summed E-state index contributed by atoms with van der Waals surface area (Å²) >= 11 is 0. The number of halogens is 2. The Bertz CT molecular complexity index is 698. The number of nitrogens with zero attached hydrogens (tertiary/aromatic N) is 1. The molecule has 5 heteroatoms. The van der Waals surface area contributed by atoms with E-state index in [2.05, 4.69) is 31.7 Å². The summed E-state index contributed by atoms with van der Waals surface area (Å²) < 4.78 is 28.2. The average molecular weight is 408 g/mol. The van der Waals surface area contributed by atoms with E-state index < -0.39 is 11.9 Å². The second-order valence-corrected chi connectivity index (χ2v) is 10.4. The highest BCUT2D eigenvalue weighted by molar-refractivity contribution is 5.67. The van der Waals surface area contributed by atoms with Crippen molar-refractivity contribution in [2.24, 2.45) is 11.3 Å². The zero-order valence-corrected chi connectivity index (χ0v) is 18.2. The van der Waals surface area contributed by atoms with Crippen LogP contribution in [-0.2, 0) is 16.1 Å². The predicted molar refractivity (Wildman–Crippen MR) is 113 cm³/mol. The Kier molecular flexibility index (Phi) is 5.99. The molecule has 0 amide bonds. The highest BCUT2D eigenvalue weighted by Gasteiger charge is 2.39. The van der Waals surface area contributed by atoms with E-state index >= 15 is 0 Å². The molecule has 3 nitrogen and oxygen atoms in total. The molecular weight excluding hydrogens is 372 g/mol. The molecule has 3 rings (SSSR count). The van der Waals surface area contributed by atoms with Crippen LogP contribution in [0.4, 0.5) is 14.5 Å². The van der Waals surface area contributed by atoms with Crippen LogP contribution in [0, 0.1) is 11.3 Å². The highest BCUT2D eigenvalue weighted by atomic mass is 19.3. The second-order valence-electron chi connectivity index (χ2n) is 10.4. The van der Waals surface area contributed by atoms with Crippen molar-refractivity contribution in [2.45, 2.75) is 84.0 Å². The maximum atomic E-state index is 14.1. The van der Waals surface area contributed by atoms with Gasteiger partial charge < -0.3 is 10.0 Å². The minimum atomic E-state index is -2.85. The molecule has 2 fully saturated rings. The second kappa shape index (κ2) is 7.88. The van der Waals surface area contributed by atoms with Gasteiger partial charge in [-0.05, 0) is 79.0 Å². The molecule has 0 unspecified atom stereocenters. The topological polar surface area (TPSA) is 40.5 Å². The third-order valence-corrected chi connectivity index (χ3v) is 7.11. The quantitative estimate of drug-likeness (QED) is 0.632. The Morgan fingerprint density at radius 1 is 1.03 bits per heavy atom. The molecule has 162 valence electrons. The number of carbonyl (C=O) groups is 1. The fraction of sp³-hybridized carbons (Fsp3) is 0.708. The zero-order valence-electron chi connectivity index (χ0n) is 18.2. The van der Waals surface area contributed by atoms with Gasteiger partial charge in [0.25, 0.3) is 5.92 Å². The standard InChI is InChI=1S/C24H35F2NO2/c1-22(2,3)18-14-19(23(4,25)26)16-20(15-18)27-11-9-24(10-12-27)7-5-17(6-8-24)13-21(28)29/h14-17H,5-13H2,1-4H3,(H,28,29). The number of carboxylic acid groups (broad SMARTS) is 1. The summed E-state index contributed by atoms with van der Waals surface area (Å²) in [6, 6.07) is 5.40. The van der Waals surface area contributed by atoms with Crippen molar-refractivity contribution in [2.75, 3.05) is 18.0 Å². The van der Waals surface area contributed by atoms with Crippen molar-refractivity contribution in [3.63, 3.8) is 0 Å². The number of hydrogen-bond donors (Lipinski definition) is 1. The molecular formula is C24H35F2NO2. The van der Waals surface area contributed by atoms with Crippen molar-refractivity contribution in [1.82, 2.24) is 0 Å². The van der Waals surface area contributed by atoms with Crippen LogP contribution >= 0.6 is 0 Å². The summed E-state index contributed by atoms with van der Waals surface area (Å²) in [6.45, 7) is 8.91. The van der Waals surface area contributed by atoms with E-state index in [4.69, 9.17) is 5.11 Å². The van der Waals surface area contributed by atoms with Gasteiger partial charge in [-0.2, -0.15) is 0 Å². The van der Waals surface area contributed by atoms with Crippen LogP contribution in [0.5, 0.6) is 0 Å². The van der Waals surface area contributed by atoms with Crippen LogP contribution in [0.25, 0.3) is 0 Å². The fourth-order valence-electron chi connectivity index (χ4n) is 4.96. The smallest absolute Gasteiger partial charge is 0.303 e. The zero-order chi connectivity index (χ0) is 21.4. The Balaban J connectivity index is 1.72. The summed E-state index contributed by atoms with van der Waals surface area (Å²) in [5.74, 6) is -3.23. The van der Waals surface area contributed by atoms with Crippen LogP contribution in [-0.4, -0.2) is 24.2 Å². The van der Waals surface area contributed by atoms with Crippen molar-refractivity contribution in [3.8, 4) is 0 Å². The number of benzene rings is 1. The molecule has 2 aliphatic rings. The van der Waals surface area contributed by atoms with Crippen molar-refractivity contribution in [1.29, 1.82) is 0 Å². The van der Waals surface area contributed by atoms with Gasteiger partial charge in [-0.3, -0.25) is 4.79 Å². The molecule has 29 heavy (non-hydrogen) atoms. The lowest BCUT2D eigenvalue weighted by Gasteiger charge is -2.46. The fourth-order valence-corrected chi connectivity index (χ4v) is 4.96. The monoisotopic (exact) mass is 407 g/mol. The average Bonchev–Trinajstić information content (AvgIpc) is 2.62. The molecule has 0 bridgehead atoms. The molecule has 0 radical (unpaired) electrons. The minimum absolute atomic E-state index is 0.0920. The molecule has 1 N–H and O–H groups in total. The number of rotatable bonds is 4. The first-order valence-corrected chi connectivity index (χ1v) is 10.9. The molecule has 1 heterocycles. The minimum Gasteiger partial charge on any atom is -0.481 e. The largest absolute Gasteiger partial charge is 0.481 e. The van der Waals surface area contributed by atoms with Crippen LogP contribution in [0.3, 0.4) is 0 Å². The van der Waals surface area contributed by atoms with E-state index in [1.54, 1.807) is 12.1 Å². The Hall–Kier alpha value is -1.65. The lowest BCUT2D eigenvalue weighted by atomic mass is 9.65. The first-order valence-electron chi connectivity index (χ1n) is 10.9. The summed E-state index contributed by atoms with van der Waals surface area (Å²) in [4.78, 5) is 13.2. The molecule has 1 aliphatic carbocycles. The summed E-state index contributed by atoms with van der Waals surface area (Å²) in [5.41, 5.74) is 2.07. The number of anilines is 1. The molecule has 0 aromatic heterocycles. The predicted octanol–water partition coefficient (Wildman–Crippen LogP) is 6.35. The Labute approximate surface area is 173 Å². The first kappa shape index (κ1) is 22.0. The number of aliphatic carboxylic acids is 1. The number of piperidine rings is 1. The third-order valence-electron chi connectivity index (χ3n) is 7.11. The van der Waals surface area contributed by atoms with Crippen LogP contribution in [0.2, 0.25) is 0 Å². The molecule has 0 atom stereocenters. The van der Waals surface area contributed by atoms with Gasteiger partial charge in [0.2, 0.25) is 0 Å². The van der Waals surface area contributed by atoms with Gasteiger partial charge in [0, 0.05) is 37.7 Å². The molecule has 1 spiro atoms. The summed E-state index contributed by atoms with van der Waals surface area (Å²) in [5, 5.41) is 9.03. The molecule has 1 aromatic carbocycles. The van der Waals surface area contributed by atoms with Gasteiger partial charge in [-0.15, -0.1) is 0 Å². The first-order chi connectivity index (χ1) is 13.4. The molecule has 1 saturated heterocycles. The Morgan fingerprint density at radius 2 is 1.59 bits per heavy atom. The highest BCUT2D eigenvalue weighted by Crippen LogP contribution is 2.48. The number of hydrogen-bond acceptors (Lipinski definition) is 2. The maximum Gasteiger partial charge on any atom is 0.303 e. The summed E-state index contributed by atoms with van der Waals surface area (Å²) in [7, 11) is 0. The van der Waals surface area contributed by atoms with Gasteiger partial charge in [-0.1, -0.05) is 20.8 Å². The van der Waals surface area contributed by atoms with E-state index in [0.717, 1.165) is 69.8 Å².